The number of hydrogen-bond acceptors (Lipinski definition) is 2. The number of ether oxygens (including phenoxy) is 1. The van der Waals surface area contributed by atoms with E-state index in [2.05, 4.69) is 4.74 Å². The Morgan fingerprint density at radius 3 is 1.78 bits per heavy atom. The Kier molecular flexibility index (Phi) is 5.41. The molecular formula is C3H3F3HgO2. The number of carbonyl (C=O) groups is 1. The zero-order valence-electron chi connectivity index (χ0n) is 4.66. The minimum Gasteiger partial charge on any atom is -0.373 e. The van der Waals surface area contributed by atoms with Crippen LogP contribution in [0.1, 0.15) is 6.92 Å². The Morgan fingerprint density at radius 2 is 1.78 bits per heavy atom. The molecular weight excluding hydrogens is 326 g/mol. The summed E-state index contributed by atoms with van der Waals surface area (Å²) in [5.41, 5.74) is 0. The Labute approximate surface area is 69.9 Å². The second-order valence-electron chi connectivity index (χ2n) is 1.04. The van der Waals surface area contributed by atoms with Gasteiger partial charge < -0.3 is 4.74 Å². The van der Waals surface area contributed by atoms with E-state index < -0.39 is 12.3 Å². The third-order valence-corrected chi connectivity index (χ3v) is 0.259. The average Bonchev–Trinajstić information content (AvgIpc) is 1.21. The van der Waals surface area contributed by atoms with Gasteiger partial charge in [-0.15, -0.1) is 13.2 Å². The van der Waals surface area contributed by atoms with Gasteiger partial charge in [-0.2, -0.15) is 0 Å². The summed E-state index contributed by atoms with van der Waals surface area (Å²) in [4.78, 5) is 9.52. The number of alkyl halides is 3. The van der Waals surface area contributed by atoms with E-state index in [1.54, 1.807) is 0 Å². The van der Waals surface area contributed by atoms with Crippen LogP contribution in [0.3, 0.4) is 0 Å². The van der Waals surface area contributed by atoms with Crippen molar-refractivity contribution in [1.29, 1.82) is 0 Å². The number of hydrogen-bond donors (Lipinski definition) is 0. The summed E-state index contributed by atoms with van der Waals surface area (Å²) in [7, 11) is 0. The molecule has 0 rings (SSSR count). The van der Waals surface area contributed by atoms with Crippen molar-refractivity contribution in [2.24, 2.45) is 0 Å². The predicted molar refractivity (Wildman–Crippen MR) is 17.8 cm³/mol. The minimum absolute atomic E-state index is 0. The van der Waals surface area contributed by atoms with E-state index in [-0.39, 0.29) is 27.7 Å². The van der Waals surface area contributed by atoms with Gasteiger partial charge in [0.05, 0.1) is 0 Å². The van der Waals surface area contributed by atoms with Crippen LogP contribution in [-0.4, -0.2) is 12.3 Å². The van der Waals surface area contributed by atoms with Gasteiger partial charge in [0.1, 0.15) is 0 Å². The van der Waals surface area contributed by atoms with Gasteiger partial charge in [0, 0.05) is 34.6 Å². The predicted octanol–water partition coefficient (Wildman–Crippen LogP) is 1.07. The van der Waals surface area contributed by atoms with Crippen LogP contribution in [0.25, 0.3) is 0 Å². The zero-order chi connectivity index (χ0) is 6.78. The summed E-state index contributed by atoms with van der Waals surface area (Å²) >= 11 is 0. The molecule has 0 spiro atoms. The van der Waals surface area contributed by atoms with Crippen molar-refractivity contribution in [2.45, 2.75) is 13.3 Å². The van der Waals surface area contributed by atoms with E-state index in [4.69, 9.17) is 0 Å². The number of carbonyl (C=O) groups excluding carboxylic acids is 1. The first-order chi connectivity index (χ1) is 3.42. The molecule has 0 aromatic heterocycles. The van der Waals surface area contributed by atoms with Crippen molar-refractivity contribution in [3.63, 3.8) is 0 Å². The molecule has 50 valence electrons. The monoisotopic (exact) mass is 330 g/mol. The summed E-state index contributed by atoms with van der Waals surface area (Å²) in [6.07, 6.45) is -4.83. The van der Waals surface area contributed by atoms with Crippen LogP contribution >= 0.6 is 0 Å². The second kappa shape index (κ2) is 4.08. The number of rotatable bonds is 0. The van der Waals surface area contributed by atoms with Crippen molar-refractivity contribution in [3.8, 4) is 0 Å². The normalized spacial score (nSPS) is 9.78. The van der Waals surface area contributed by atoms with Crippen LogP contribution in [0.4, 0.5) is 13.2 Å². The molecule has 0 amide bonds. The maximum atomic E-state index is 10.9. The standard InChI is InChI=1S/C3H3F3O2.Hg/c1-2(7)8-3(4,5)6;/h1H3;. The SMILES string of the molecule is CC(=O)OC(F)(F)F.[Hg]. The van der Waals surface area contributed by atoms with Crippen LogP contribution in [-0.2, 0) is 37.2 Å². The Balaban J connectivity index is 0. The Morgan fingerprint density at radius 1 is 1.44 bits per heavy atom. The van der Waals surface area contributed by atoms with E-state index in [0.29, 0.717) is 6.92 Å². The van der Waals surface area contributed by atoms with Crippen LogP contribution in [0, 0.1) is 0 Å². The average molecular weight is 329 g/mol. The fourth-order valence-electron chi connectivity index (χ4n) is 0.163. The molecule has 0 aromatic rings. The van der Waals surface area contributed by atoms with Crippen molar-refractivity contribution in [1.82, 2.24) is 0 Å². The minimum atomic E-state index is -4.83. The van der Waals surface area contributed by atoms with E-state index in [1.807, 2.05) is 0 Å². The van der Waals surface area contributed by atoms with Crippen LogP contribution in [0.2, 0.25) is 0 Å². The molecule has 0 aliphatic heterocycles. The van der Waals surface area contributed by atoms with E-state index >= 15 is 0 Å². The van der Waals surface area contributed by atoms with Gasteiger partial charge in [0.25, 0.3) is 0 Å². The molecule has 0 N–H and O–H groups in total. The van der Waals surface area contributed by atoms with Gasteiger partial charge in [-0.05, 0) is 0 Å². The van der Waals surface area contributed by atoms with E-state index in [0.717, 1.165) is 0 Å². The molecule has 0 saturated heterocycles. The van der Waals surface area contributed by atoms with E-state index in [9.17, 15) is 18.0 Å². The van der Waals surface area contributed by atoms with Crippen LogP contribution in [0.15, 0.2) is 0 Å². The molecule has 0 fully saturated rings. The molecule has 2 nitrogen and oxygen atoms in total. The molecule has 0 radical (unpaired) electrons. The maximum Gasteiger partial charge on any atom is 0.575 e. The third-order valence-electron chi connectivity index (χ3n) is 0.259. The molecule has 6 heteroatoms. The van der Waals surface area contributed by atoms with Gasteiger partial charge in [-0.3, -0.25) is 4.79 Å². The van der Waals surface area contributed by atoms with Crippen LogP contribution < -0.4 is 0 Å². The van der Waals surface area contributed by atoms with Crippen LogP contribution in [0.5, 0.6) is 0 Å². The molecule has 0 aliphatic rings. The Hall–Kier alpha value is 0.195. The summed E-state index contributed by atoms with van der Waals surface area (Å²) in [6, 6.07) is 0. The molecule has 0 heterocycles. The topological polar surface area (TPSA) is 26.3 Å². The largest absolute Gasteiger partial charge is 0.575 e. The smallest absolute Gasteiger partial charge is 0.373 e. The fourth-order valence-corrected chi connectivity index (χ4v) is 0.163. The van der Waals surface area contributed by atoms with Crippen molar-refractivity contribution >= 4 is 5.97 Å². The summed E-state index contributed by atoms with van der Waals surface area (Å²) in [6.45, 7) is 0.688. The van der Waals surface area contributed by atoms with Crippen molar-refractivity contribution < 1.29 is 50.4 Å². The van der Waals surface area contributed by atoms with E-state index in [1.165, 1.54) is 0 Å². The van der Waals surface area contributed by atoms with Gasteiger partial charge in [0.2, 0.25) is 0 Å². The first-order valence-corrected chi connectivity index (χ1v) is 1.68. The van der Waals surface area contributed by atoms with Gasteiger partial charge in [-0.1, -0.05) is 0 Å². The maximum absolute atomic E-state index is 10.9. The van der Waals surface area contributed by atoms with Gasteiger partial charge in [-0.25, -0.2) is 0 Å². The summed E-state index contributed by atoms with van der Waals surface area (Å²) in [5, 5.41) is 0. The Bertz CT molecular complexity index is 99.7. The third kappa shape index (κ3) is 11.7. The molecule has 0 unspecified atom stereocenters. The molecule has 0 bridgehead atoms. The second-order valence-corrected chi connectivity index (χ2v) is 1.04. The summed E-state index contributed by atoms with van der Waals surface area (Å²) in [5.74, 6) is -1.35. The van der Waals surface area contributed by atoms with Crippen molar-refractivity contribution in [3.05, 3.63) is 0 Å². The van der Waals surface area contributed by atoms with Gasteiger partial charge >= 0.3 is 12.3 Å². The molecule has 0 saturated carbocycles. The number of halogens is 3. The number of esters is 1. The molecule has 0 aromatic carbocycles. The molecule has 0 atom stereocenters. The van der Waals surface area contributed by atoms with Gasteiger partial charge in [0.15, 0.2) is 0 Å². The first-order valence-electron chi connectivity index (χ1n) is 1.68. The molecule has 9 heavy (non-hydrogen) atoms. The quantitative estimate of drug-likeness (QED) is 0.491. The van der Waals surface area contributed by atoms with Crippen molar-refractivity contribution in [2.75, 3.05) is 0 Å². The summed E-state index contributed by atoms with van der Waals surface area (Å²) < 4.78 is 35.4. The zero-order valence-corrected chi connectivity index (χ0v) is 10.2. The first kappa shape index (κ1) is 11.9. The molecule has 0 aliphatic carbocycles. The fraction of sp³-hybridized carbons (Fsp3) is 0.667.